The van der Waals surface area contributed by atoms with E-state index in [1.807, 2.05) is 13.0 Å². The first-order valence-electron chi connectivity index (χ1n) is 11.7. The van der Waals surface area contributed by atoms with E-state index in [-0.39, 0.29) is 24.7 Å². The Bertz CT molecular complexity index is 1510. The van der Waals surface area contributed by atoms with Gasteiger partial charge in [0.15, 0.2) is 0 Å². The van der Waals surface area contributed by atoms with Crippen LogP contribution in [0.1, 0.15) is 49.4 Å². The smallest absolute Gasteiger partial charge is 0.339 e. The summed E-state index contributed by atoms with van der Waals surface area (Å²) in [5.41, 5.74) is 3.31. The van der Waals surface area contributed by atoms with Crippen molar-refractivity contribution in [1.82, 2.24) is 5.32 Å². The van der Waals surface area contributed by atoms with Gasteiger partial charge in [0, 0.05) is 45.8 Å². The number of amides is 1. The van der Waals surface area contributed by atoms with Gasteiger partial charge in [0.2, 0.25) is 5.91 Å². The monoisotopic (exact) mass is 509 g/mol. The minimum atomic E-state index is -1.14. The third kappa shape index (κ3) is 5.31. The molecule has 0 unspecified atom stereocenters. The third-order valence-corrected chi connectivity index (χ3v) is 6.63. The number of aliphatic carboxylic acids is 1. The van der Waals surface area contributed by atoms with Crippen molar-refractivity contribution in [2.75, 3.05) is 0 Å². The molecule has 2 N–H and O–H groups in total. The highest BCUT2D eigenvalue weighted by atomic mass is 35.5. The molecule has 0 bridgehead atoms. The Morgan fingerprint density at radius 1 is 1.08 bits per heavy atom. The molecule has 1 atom stereocenters. The lowest BCUT2D eigenvalue weighted by atomic mass is 9.86. The molecule has 2 aromatic carbocycles. The molecule has 7 nitrogen and oxygen atoms in total. The van der Waals surface area contributed by atoms with Gasteiger partial charge in [0.25, 0.3) is 0 Å². The predicted molar refractivity (Wildman–Crippen MR) is 139 cm³/mol. The Balaban J connectivity index is 1.55. The molecule has 0 fully saturated rings. The number of carbonyl (C=O) groups is 2. The lowest BCUT2D eigenvalue weighted by Gasteiger charge is -2.17. The summed E-state index contributed by atoms with van der Waals surface area (Å²) in [6, 6.07) is 9.36. The molecule has 0 aliphatic heterocycles. The molecule has 0 saturated heterocycles. The van der Waals surface area contributed by atoms with Crippen molar-refractivity contribution in [2.45, 2.75) is 58.4 Å². The number of aryl methyl sites for hydroxylation is 1. The van der Waals surface area contributed by atoms with E-state index in [0.717, 1.165) is 27.5 Å². The molecule has 0 saturated carbocycles. The second kappa shape index (κ2) is 9.82. The average Bonchev–Trinajstić information content (AvgIpc) is 3.22. The second-order valence-corrected chi connectivity index (χ2v) is 10.5. The standard InChI is InChI=1S/C28H28ClNO6/c1-15-18(9-10-25(31)30-22(26(32)33)11-16-5-7-17(29)8-6-16)27(34)36-24-13-23-20(12-19(15)24)21(14-35-23)28(2,3)4/h5-8,12-14,22H,9-11H2,1-4H3,(H,30,31)(H,32,33)/t22-/m0/s1. The number of halogens is 1. The molecule has 0 aliphatic rings. The number of benzene rings is 2. The first-order chi connectivity index (χ1) is 16.9. The Labute approximate surface area is 213 Å². The van der Waals surface area contributed by atoms with Crippen molar-refractivity contribution < 1.29 is 23.5 Å². The van der Waals surface area contributed by atoms with E-state index in [1.165, 1.54) is 0 Å². The highest BCUT2D eigenvalue weighted by molar-refractivity contribution is 6.30. The lowest BCUT2D eigenvalue weighted by molar-refractivity contribution is -0.141. The van der Waals surface area contributed by atoms with E-state index in [4.69, 9.17) is 20.4 Å². The number of carboxylic acid groups (broad SMARTS) is 1. The van der Waals surface area contributed by atoms with E-state index in [0.29, 0.717) is 21.8 Å². The number of furan rings is 1. The van der Waals surface area contributed by atoms with Gasteiger partial charge in [0.1, 0.15) is 17.2 Å². The van der Waals surface area contributed by atoms with Crippen LogP contribution in [0.15, 0.2) is 56.3 Å². The third-order valence-electron chi connectivity index (χ3n) is 6.38. The van der Waals surface area contributed by atoms with E-state index in [9.17, 15) is 19.5 Å². The summed E-state index contributed by atoms with van der Waals surface area (Å²) in [6.45, 7) is 8.12. The summed E-state index contributed by atoms with van der Waals surface area (Å²) in [4.78, 5) is 37.1. The lowest BCUT2D eigenvalue weighted by Crippen LogP contribution is -2.42. The normalized spacial score (nSPS) is 12.7. The zero-order chi connectivity index (χ0) is 26.2. The van der Waals surface area contributed by atoms with Crippen LogP contribution >= 0.6 is 11.6 Å². The molecule has 0 aliphatic carbocycles. The minimum Gasteiger partial charge on any atom is -0.480 e. The molecular formula is C28H28ClNO6. The van der Waals surface area contributed by atoms with Gasteiger partial charge < -0.3 is 19.3 Å². The molecule has 4 rings (SSSR count). The Morgan fingerprint density at radius 3 is 2.42 bits per heavy atom. The molecule has 1 amide bonds. The Morgan fingerprint density at radius 2 is 1.78 bits per heavy atom. The number of nitrogens with one attached hydrogen (secondary N) is 1. The van der Waals surface area contributed by atoms with Crippen LogP contribution in [0.5, 0.6) is 0 Å². The van der Waals surface area contributed by atoms with Crippen LogP contribution in [-0.4, -0.2) is 23.0 Å². The fourth-order valence-electron chi connectivity index (χ4n) is 4.34. The van der Waals surface area contributed by atoms with Crippen molar-refractivity contribution in [3.05, 3.63) is 80.4 Å². The van der Waals surface area contributed by atoms with Gasteiger partial charge in [-0.25, -0.2) is 9.59 Å². The summed E-state index contributed by atoms with van der Waals surface area (Å²) in [6.07, 6.45) is 1.92. The van der Waals surface area contributed by atoms with Gasteiger partial charge in [-0.15, -0.1) is 0 Å². The maximum absolute atomic E-state index is 12.7. The molecule has 8 heteroatoms. The molecule has 188 valence electrons. The van der Waals surface area contributed by atoms with Crippen LogP contribution in [0.2, 0.25) is 5.02 Å². The van der Waals surface area contributed by atoms with Crippen LogP contribution in [-0.2, 0) is 27.8 Å². The largest absolute Gasteiger partial charge is 0.480 e. The molecule has 2 heterocycles. The molecule has 2 aromatic heterocycles. The van der Waals surface area contributed by atoms with Gasteiger partial charge in [-0.05, 0) is 48.1 Å². The van der Waals surface area contributed by atoms with Gasteiger partial charge in [-0.1, -0.05) is 44.5 Å². The van der Waals surface area contributed by atoms with Crippen molar-refractivity contribution in [2.24, 2.45) is 0 Å². The SMILES string of the molecule is Cc1c(CCC(=O)N[C@@H](Cc2ccc(Cl)cc2)C(=O)O)c(=O)oc2cc3occ(C(C)(C)C)c3cc12. The number of carbonyl (C=O) groups excluding carboxylic acids is 1. The minimum absolute atomic E-state index is 0.0529. The number of hydrogen-bond acceptors (Lipinski definition) is 5. The maximum Gasteiger partial charge on any atom is 0.339 e. The van der Waals surface area contributed by atoms with E-state index >= 15 is 0 Å². The Kier molecular flexibility index (Phi) is 6.96. The van der Waals surface area contributed by atoms with Crippen LogP contribution in [0.4, 0.5) is 0 Å². The van der Waals surface area contributed by atoms with Crippen LogP contribution in [0, 0.1) is 6.92 Å². The highest BCUT2D eigenvalue weighted by Crippen LogP contribution is 2.35. The van der Waals surface area contributed by atoms with Crippen LogP contribution < -0.4 is 10.9 Å². The van der Waals surface area contributed by atoms with E-state index in [2.05, 4.69) is 26.1 Å². The second-order valence-electron chi connectivity index (χ2n) is 10.0. The molecule has 36 heavy (non-hydrogen) atoms. The zero-order valence-corrected chi connectivity index (χ0v) is 21.4. The molecule has 0 spiro atoms. The van der Waals surface area contributed by atoms with Crippen molar-refractivity contribution >= 4 is 45.4 Å². The van der Waals surface area contributed by atoms with Gasteiger partial charge in [0.05, 0.1) is 6.26 Å². The highest BCUT2D eigenvalue weighted by Gasteiger charge is 2.23. The van der Waals surface area contributed by atoms with Crippen LogP contribution in [0.25, 0.3) is 21.9 Å². The summed E-state index contributed by atoms with van der Waals surface area (Å²) >= 11 is 5.88. The van der Waals surface area contributed by atoms with Crippen molar-refractivity contribution in [1.29, 1.82) is 0 Å². The summed E-state index contributed by atoms with van der Waals surface area (Å²) < 4.78 is 11.3. The summed E-state index contributed by atoms with van der Waals surface area (Å²) in [5, 5.41) is 14.4. The number of rotatable bonds is 7. The van der Waals surface area contributed by atoms with Crippen molar-refractivity contribution in [3.8, 4) is 0 Å². The fourth-order valence-corrected chi connectivity index (χ4v) is 4.47. The predicted octanol–water partition coefficient (Wildman–Crippen LogP) is 5.54. The van der Waals surface area contributed by atoms with Gasteiger partial charge in [-0.3, -0.25) is 4.79 Å². The molecular weight excluding hydrogens is 482 g/mol. The van der Waals surface area contributed by atoms with Crippen LogP contribution in [0.3, 0.4) is 0 Å². The fraction of sp³-hybridized carbons (Fsp3) is 0.321. The quantitative estimate of drug-likeness (QED) is 0.316. The number of hydrogen-bond donors (Lipinski definition) is 2. The topological polar surface area (TPSA) is 110 Å². The van der Waals surface area contributed by atoms with Gasteiger partial charge in [-0.2, -0.15) is 0 Å². The number of carboxylic acids is 1. The summed E-state index contributed by atoms with van der Waals surface area (Å²) in [5.74, 6) is -1.60. The average molecular weight is 510 g/mol. The van der Waals surface area contributed by atoms with Gasteiger partial charge >= 0.3 is 11.6 Å². The van der Waals surface area contributed by atoms with E-state index < -0.39 is 23.5 Å². The maximum atomic E-state index is 12.7. The van der Waals surface area contributed by atoms with E-state index in [1.54, 1.807) is 36.6 Å². The Hall–Kier alpha value is -3.58. The number of fused-ring (bicyclic) bond motifs is 2. The first-order valence-corrected chi connectivity index (χ1v) is 12.1. The first kappa shape index (κ1) is 25.5. The summed E-state index contributed by atoms with van der Waals surface area (Å²) in [7, 11) is 0. The molecule has 4 aromatic rings. The zero-order valence-electron chi connectivity index (χ0n) is 20.6. The molecule has 0 radical (unpaired) electrons. The van der Waals surface area contributed by atoms with Crippen molar-refractivity contribution in [3.63, 3.8) is 0 Å².